The molecule has 4 heteroatoms. The molecule has 0 aromatic heterocycles. The Kier molecular flexibility index (Phi) is 27.4. The number of nitrogens with two attached hydrogens (primary N) is 1. The van der Waals surface area contributed by atoms with E-state index in [0.717, 1.165) is 0 Å². The fraction of sp³-hybridized carbons (Fsp3) is 0.800. The van der Waals surface area contributed by atoms with Crippen molar-refractivity contribution in [2.45, 2.75) is 20.3 Å². The summed E-state index contributed by atoms with van der Waals surface area (Å²) in [4.78, 5) is 9.48. The van der Waals surface area contributed by atoms with Crippen molar-refractivity contribution in [1.29, 1.82) is 0 Å². The first-order valence-electron chi connectivity index (χ1n) is 2.66. The standard InChI is InChI=1S/C3H8.C2H6N2O.B/c1-3-2;1-4-2(3)5;/h3H2,1-2H3;1H3,(H3,3,4,5);. The molecule has 0 rings (SSSR count). The van der Waals surface area contributed by atoms with Gasteiger partial charge in [0.2, 0.25) is 0 Å². The normalized spacial score (nSPS) is 5.67. The van der Waals surface area contributed by atoms with Gasteiger partial charge in [-0.05, 0) is 0 Å². The van der Waals surface area contributed by atoms with Gasteiger partial charge < -0.3 is 11.1 Å². The number of urea groups is 1. The van der Waals surface area contributed by atoms with E-state index in [-0.39, 0.29) is 8.41 Å². The van der Waals surface area contributed by atoms with Gasteiger partial charge in [-0.15, -0.1) is 0 Å². The van der Waals surface area contributed by atoms with Crippen LogP contribution in [-0.2, 0) is 0 Å². The minimum absolute atomic E-state index is 0. The van der Waals surface area contributed by atoms with Gasteiger partial charge in [0.15, 0.2) is 0 Å². The van der Waals surface area contributed by atoms with Crippen molar-refractivity contribution in [3.05, 3.63) is 0 Å². The number of hydrogen-bond donors (Lipinski definition) is 2. The third-order valence-corrected chi connectivity index (χ3v) is 0.246. The van der Waals surface area contributed by atoms with E-state index in [1.807, 2.05) is 0 Å². The molecular weight excluding hydrogens is 115 g/mol. The molecule has 0 saturated carbocycles. The molecule has 3 nitrogen and oxygen atoms in total. The summed E-state index contributed by atoms with van der Waals surface area (Å²) in [7, 11) is 1.47. The van der Waals surface area contributed by atoms with Crippen LogP contribution in [0.15, 0.2) is 0 Å². The van der Waals surface area contributed by atoms with Crippen molar-refractivity contribution in [3.8, 4) is 0 Å². The van der Waals surface area contributed by atoms with E-state index in [9.17, 15) is 4.79 Å². The minimum atomic E-state index is -0.495. The van der Waals surface area contributed by atoms with E-state index in [0.29, 0.717) is 0 Å². The van der Waals surface area contributed by atoms with E-state index < -0.39 is 6.03 Å². The Bertz CT molecular complexity index is 58.9. The van der Waals surface area contributed by atoms with Crippen LogP contribution in [0.25, 0.3) is 0 Å². The Balaban J connectivity index is -0.0000000800. The Morgan fingerprint density at radius 2 is 1.67 bits per heavy atom. The van der Waals surface area contributed by atoms with Gasteiger partial charge in [-0.25, -0.2) is 4.79 Å². The number of hydrogen-bond acceptors (Lipinski definition) is 1. The molecule has 0 aliphatic carbocycles. The molecule has 0 aliphatic heterocycles. The van der Waals surface area contributed by atoms with E-state index in [2.05, 4.69) is 24.9 Å². The summed E-state index contributed by atoms with van der Waals surface area (Å²) in [6.07, 6.45) is 1.25. The van der Waals surface area contributed by atoms with Crippen LogP contribution in [0.3, 0.4) is 0 Å². The summed E-state index contributed by atoms with van der Waals surface area (Å²) in [6, 6.07) is -0.495. The number of primary amides is 1. The Morgan fingerprint density at radius 3 is 1.67 bits per heavy atom. The first-order chi connectivity index (χ1) is 3.68. The maximum atomic E-state index is 9.48. The lowest BCUT2D eigenvalue weighted by molar-refractivity contribution is 0.251. The lowest BCUT2D eigenvalue weighted by Gasteiger charge is -1.80. The second kappa shape index (κ2) is 15.7. The second-order valence-electron chi connectivity index (χ2n) is 1.32. The van der Waals surface area contributed by atoms with Crippen LogP contribution in [0, 0.1) is 0 Å². The van der Waals surface area contributed by atoms with Crippen LogP contribution in [0.4, 0.5) is 4.79 Å². The lowest BCUT2D eigenvalue weighted by Crippen LogP contribution is -2.24. The quantitative estimate of drug-likeness (QED) is 0.454. The van der Waals surface area contributed by atoms with Gasteiger partial charge in [0.25, 0.3) is 0 Å². The zero-order chi connectivity index (χ0) is 6.99. The molecule has 0 fully saturated rings. The molecule has 0 aromatic carbocycles. The molecule has 0 spiro atoms. The summed E-state index contributed by atoms with van der Waals surface area (Å²) in [5.41, 5.74) is 4.54. The molecule has 0 aliphatic rings. The number of carbonyl (C=O) groups excluding carboxylic acids is 1. The third-order valence-electron chi connectivity index (χ3n) is 0.246. The number of amides is 2. The fourth-order valence-electron chi connectivity index (χ4n) is 0. The highest BCUT2D eigenvalue weighted by molar-refractivity contribution is 5.75. The van der Waals surface area contributed by atoms with Gasteiger partial charge >= 0.3 is 6.03 Å². The molecule has 0 atom stereocenters. The van der Waals surface area contributed by atoms with E-state index in [4.69, 9.17) is 0 Å². The first kappa shape index (κ1) is 15.8. The zero-order valence-electron chi connectivity index (χ0n) is 6.27. The molecule has 9 heavy (non-hydrogen) atoms. The molecule has 2 amide bonds. The summed E-state index contributed by atoms with van der Waals surface area (Å²) >= 11 is 0. The topological polar surface area (TPSA) is 55.1 Å². The van der Waals surface area contributed by atoms with Crippen LogP contribution in [0.2, 0.25) is 0 Å². The van der Waals surface area contributed by atoms with E-state index in [1.54, 1.807) is 0 Å². The predicted octanol–water partition coefficient (Wildman–Crippen LogP) is 0.320. The van der Waals surface area contributed by atoms with E-state index in [1.165, 1.54) is 13.5 Å². The van der Waals surface area contributed by atoms with Crippen molar-refractivity contribution < 1.29 is 4.79 Å². The van der Waals surface area contributed by atoms with Crippen LogP contribution in [-0.4, -0.2) is 21.5 Å². The van der Waals surface area contributed by atoms with Gasteiger partial charge in [-0.1, -0.05) is 20.3 Å². The average molecular weight is 129 g/mol. The smallest absolute Gasteiger partial charge is 0.311 e. The van der Waals surface area contributed by atoms with Crippen molar-refractivity contribution >= 4 is 14.4 Å². The molecule has 0 unspecified atom stereocenters. The van der Waals surface area contributed by atoms with Crippen molar-refractivity contribution in [2.24, 2.45) is 5.73 Å². The molecule has 0 saturated heterocycles. The SMILES string of the molecule is CCC.CNC(N)=O.[B]. The first-order valence-corrected chi connectivity index (χ1v) is 2.66. The van der Waals surface area contributed by atoms with Crippen LogP contribution >= 0.6 is 0 Å². The lowest BCUT2D eigenvalue weighted by atomic mass is 10.6. The van der Waals surface area contributed by atoms with Crippen molar-refractivity contribution in [2.75, 3.05) is 7.05 Å². The average Bonchev–Trinajstić information content (AvgIpc) is 1.69. The zero-order valence-corrected chi connectivity index (χ0v) is 6.27. The van der Waals surface area contributed by atoms with Gasteiger partial charge in [-0.3, -0.25) is 0 Å². The van der Waals surface area contributed by atoms with Gasteiger partial charge in [0, 0.05) is 15.5 Å². The Hall–Kier alpha value is -0.665. The molecule has 53 valence electrons. The van der Waals surface area contributed by atoms with E-state index >= 15 is 0 Å². The molecule has 3 N–H and O–H groups in total. The third kappa shape index (κ3) is 117. The molecular formula is C5H14BN2O. The number of rotatable bonds is 0. The highest BCUT2D eigenvalue weighted by Gasteiger charge is 1.72. The van der Waals surface area contributed by atoms with Crippen LogP contribution in [0.5, 0.6) is 0 Å². The van der Waals surface area contributed by atoms with Gasteiger partial charge in [-0.2, -0.15) is 0 Å². The van der Waals surface area contributed by atoms with Crippen LogP contribution < -0.4 is 11.1 Å². The molecule has 3 radical (unpaired) electrons. The summed E-state index contributed by atoms with van der Waals surface area (Å²) in [5, 5.41) is 2.17. The maximum absolute atomic E-state index is 9.48. The monoisotopic (exact) mass is 129 g/mol. The van der Waals surface area contributed by atoms with Gasteiger partial charge in [0.05, 0.1) is 0 Å². The second-order valence-corrected chi connectivity index (χ2v) is 1.32. The maximum Gasteiger partial charge on any atom is 0.311 e. The largest absolute Gasteiger partial charge is 0.352 e. The summed E-state index contributed by atoms with van der Waals surface area (Å²) < 4.78 is 0. The fourth-order valence-corrected chi connectivity index (χ4v) is 0. The summed E-state index contributed by atoms with van der Waals surface area (Å²) in [5.74, 6) is 0. The predicted molar refractivity (Wildman–Crippen MR) is 40.4 cm³/mol. The van der Waals surface area contributed by atoms with Crippen molar-refractivity contribution in [3.63, 3.8) is 0 Å². The van der Waals surface area contributed by atoms with Gasteiger partial charge in [0.1, 0.15) is 0 Å². The highest BCUT2D eigenvalue weighted by Crippen LogP contribution is 1.56. The molecule has 0 bridgehead atoms. The highest BCUT2D eigenvalue weighted by atomic mass is 16.2. The number of nitrogens with one attached hydrogen (secondary N) is 1. The van der Waals surface area contributed by atoms with Crippen molar-refractivity contribution in [1.82, 2.24) is 5.32 Å². The van der Waals surface area contributed by atoms with Crippen LogP contribution in [0.1, 0.15) is 20.3 Å². The number of carbonyl (C=O) groups is 1. The molecule has 0 heterocycles. The Morgan fingerprint density at radius 1 is 1.56 bits per heavy atom. The minimum Gasteiger partial charge on any atom is -0.352 e. The molecule has 0 aromatic rings. The summed E-state index contributed by atoms with van der Waals surface area (Å²) in [6.45, 7) is 4.25. The Labute approximate surface area is 58.6 Å².